The molecule has 0 bridgehead atoms. The van der Waals surface area contributed by atoms with Gasteiger partial charge in [0, 0.05) is 31.0 Å². The number of nitrogens with two attached hydrogens (primary N) is 1. The second-order valence-electron chi connectivity index (χ2n) is 7.01. The smallest absolute Gasteiger partial charge is 0.175 e. The molecule has 0 radical (unpaired) electrons. The first-order valence-corrected chi connectivity index (χ1v) is 11.8. The van der Waals surface area contributed by atoms with Crippen LogP contribution < -0.4 is 5.73 Å². The van der Waals surface area contributed by atoms with Gasteiger partial charge in [0.05, 0.1) is 4.90 Å². The number of fused-ring (bicyclic) bond motifs is 1. The maximum atomic E-state index is 13.1. The number of aliphatic imine (C=N–C) groups is 2. The maximum absolute atomic E-state index is 13.1. The molecule has 31 heavy (non-hydrogen) atoms. The number of nitrogens with zero attached hydrogens (tertiary/aromatic N) is 3. The molecule has 5 nitrogen and oxygen atoms in total. The Morgan fingerprint density at radius 3 is 2.71 bits per heavy atom. The summed E-state index contributed by atoms with van der Waals surface area (Å²) < 4.78 is 26.8. The summed E-state index contributed by atoms with van der Waals surface area (Å²) in [5, 5.41) is 0.541. The number of benzene rings is 1. The van der Waals surface area contributed by atoms with Crippen LogP contribution in [-0.4, -0.2) is 44.5 Å². The van der Waals surface area contributed by atoms with E-state index in [9.17, 15) is 8.60 Å². The van der Waals surface area contributed by atoms with E-state index in [4.69, 9.17) is 10.7 Å². The molecular formula is C23H25FN4OS2. The van der Waals surface area contributed by atoms with E-state index in [1.165, 1.54) is 18.0 Å². The summed E-state index contributed by atoms with van der Waals surface area (Å²) >= 11 is 1.54. The summed E-state index contributed by atoms with van der Waals surface area (Å²) in [5.41, 5.74) is 6.35. The molecule has 0 saturated carbocycles. The Labute approximate surface area is 189 Å². The van der Waals surface area contributed by atoms with Gasteiger partial charge < -0.3 is 5.73 Å². The van der Waals surface area contributed by atoms with Gasteiger partial charge in [0.2, 0.25) is 0 Å². The van der Waals surface area contributed by atoms with E-state index in [1.807, 2.05) is 65.0 Å². The molecule has 1 fully saturated rings. The molecule has 0 aliphatic carbocycles. The molecule has 1 unspecified atom stereocenters. The van der Waals surface area contributed by atoms with Crippen molar-refractivity contribution in [2.24, 2.45) is 21.6 Å². The Balaban J connectivity index is 1.72. The highest BCUT2D eigenvalue weighted by Crippen LogP contribution is 2.43. The molecule has 2 aliphatic rings. The van der Waals surface area contributed by atoms with E-state index in [1.54, 1.807) is 12.2 Å². The molecule has 1 saturated heterocycles. The van der Waals surface area contributed by atoms with Gasteiger partial charge in [-0.05, 0) is 23.8 Å². The van der Waals surface area contributed by atoms with Crippen LogP contribution in [0.5, 0.6) is 0 Å². The van der Waals surface area contributed by atoms with Gasteiger partial charge in [-0.2, -0.15) is 4.39 Å². The fourth-order valence-electron chi connectivity index (χ4n) is 3.54. The molecule has 162 valence electrons. The van der Waals surface area contributed by atoms with Gasteiger partial charge in [0.1, 0.15) is 16.5 Å². The van der Waals surface area contributed by atoms with Gasteiger partial charge in [-0.1, -0.05) is 73.0 Å². The van der Waals surface area contributed by atoms with Gasteiger partial charge in [-0.25, -0.2) is 18.5 Å². The van der Waals surface area contributed by atoms with Crippen molar-refractivity contribution in [2.45, 2.75) is 10.4 Å². The molecule has 2 N–H and O–H groups in total. The number of hydrogen-bond donors (Lipinski definition) is 1. The largest absolute Gasteiger partial charge is 0.379 e. The molecule has 1 aromatic rings. The van der Waals surface area contributed by atoms with Crippen LogP contribution >= 0.6 is 11.8 Å². The van der Waals surface area contributed by atoms with E-state index in [0.29, 0.717) is 18.3 Å². The zero-order chi connectivity index (χ0) is 22.1. The minimum absolute atomic E-state index is 0.180. The number of rotatable bonds is 8. The average molecular weight is 457 g/mol. The van der Waals surface area contributed by atoms with Gasteiger partial charge in [-0.15, -0.1) is 0 Å². The highest BCUT2D eigenvalue weighted by molar-refractivity contribution is 8.13. The van der Waals surface area contributed by atoms with Gasteiger partial charge >= 0.3 is 0 Å². The van der Waals surface area contributed by atoms with Crippen LogP contribution in [0.4, 0.5) is 4.39 Å². The zero-order valence-electron chi connectivity index (χ0n) is 17.0. The van der Waals surface area contributed by atoms with Crippen molar-refractivity contribution in [2.75, 3.05) is 18.8 Å². The molecule has 0 aromatic heterocycles. The van der Waals surface area contributed by atoms with Crippen LogP contribution in [0, 0.1) is 5.92 Å². The minimum atomic E-state index is -1.26. The second kappa shape index (κ2) is 11.2. The molecule has 3 atom stereocenters. The highest BCUT2D eigenvalue weighted by atomic mass is 32.2. The Bertz CT molecular complexity index is 985. The molecule has 2 heterocycles. The Morgan fingerprint density at radius 1 is 1.26 bits per heavy atom. The highest BCUT2D eigenvalue weighted by Gasteiger charge is 2.51. The first-order valence-electron chi connectivity index (χ1n) is 9.74. The van der Waals surface area contributed by atoms with Gasteiger partial charge in [0.15, 0.2) is 11.6 Å². The quantitative estimate of drug-likeness (QED) is 0.471. The third-order valence-corrected chi connectivity index (χ3v) is 7.45. The fourth-order valence-corrected chi connectivity index (χ4v) is 5.84. The fraction of sp³-hybridized carbons (Fsp3) is 0.217. The second-order valence-corrected chi connectivity index (χ2v) is 9.54. The lowest BCUT2D eigenvalue weighted by Crippen LogP contribution is -2.43. The lowest BCUT2D eigenvalue weighted by Gasteiger charge is -2.35. The molecule has 1 aromatic carbocycles. The minimum Gasteiger partial charge on any atom is -0.379 e. The van der Waals surface area contributed by atoms with E-state index in [-0.39, 0.29) is 12.4 Å². The lowest BCUT2D eigenvalue weighted by atomic mass is 9.82. The van der Waals surface area contributed by atoms with Crippen molar-refractivity contribution in [3.63, 3.8) is 0 Å². The Morgan fingerprint density at radius 2 is 1.97 bits per heavy atom. The molecule has 3 rings (SSSR count). The Kier molecular flexibility index (Phi) is 8.34. The summed E-state index contributed by atoms with van der Waals surface area (Å²) in [7, 11) is -1.26. The number of thioether (sulfide) groups is 1. The van der Waals surface area contributed by atoms with Crippen LogP contribution in [-0.2, 0) is 11.0 Å². The Hall–Kier alpha value is -2.55. The first kappa shape index (κ1) is 23.1. The summed E-state index contributed by atoms with van der Waals surface area (Å²) in [4.78, 5) is 8.91. The standard InChI is InChI=1S/C23H25FN4OS2/c1-19(11-7-4-2-3-5-10-14-26-18-24)23-17-28(15-20(23)16-30-22(25)27-23)31(29)21-12-8-6-9-13-21/h2-14,18,20H,1,15-17H2,(H2,25,27)/t20-,23+,31?/m0/s1. The molecule has 8 heteroatoms. The third kappa shape index (κ3) is 5.78. The SMILES string of the molecule is C=C(C=CC=CC=CC=CN=CF)[C@]12CN(S(=O)c3ccccc3)C[C@H]1CSC(N)=N2. The maximum Gasteiger partial charge on any atom is 0.175 e. The summed E-state index contributed by atoms with van der Waals surface area (Å²) in [6, 6.07) is 9.46. The number of amidine groups is 1. The molecular weight excluding hydrogens is 431 g/mol. The van der Waals surface area contributed by atoms with Gasteiger partial charge in [-0.3, -0.25) is 0 Å². The monoisotopic (exact) mass is 456 g/mol. The lowest BCUT2D eigenvalue weighted by molar-refractivity contribution is 0.442. The van der Waals surface area contributed by atoms with Crippen LogP contribution in [0.3, 0.4) is 0 Å². The zero-order valence-corrected chi connectivity index (χ0v) is 18.6. The van der Waals surface area contributed by atoms with Crippen molar-refractivity contribution in [3.8, 4) is 0 Å². The predicted octanol–water partition coefficient (Wildman–Crippen LogP) is 4.18. The molecule has 2 aliphatic heterocycles. The topological polar surface area (TPSA) is 71.0 Å². The summed E-state index contributed by atoms with van der Waals surface area (Å²) in [6.07, 6.45) is 14.1. The normalized spacial score (nSPS) is 25.8. The van der Waals surface area contributed by atoms with E-state index >= 15 is 0 Å². The van der Waals surface area contributed by atoms with Crippen LogP contribution in [0.15, 0.2) is 106 Å². The van der Waals surface area contributed by atoms with E-state index in [0.717, 1.165) is 16.2 Å². The van der Waals surface area contributed by atoms with Crippen molar-refractivity contribution >= 4 is 34.4 Å². The predicted molar refractivity (Wildman–Crippen MR) is 130 cm³/mol. The van der Waals surface area contributed by atoms with Crippen LogP contribution in [0.25, 0.3) is 0 Å². The third-order valence-electron chi connectivity index (χ3n) is 5.08. The number of halogens is 1. The first-order chi connectivity index (χ1) is 15.1. The average Bonchev–Trinajstić information content (AvgIpc) is 3.18. The van der Waals surface area contributed by atoms with Crippen molar-refractivity contribution in [1.82, 2.24) is 4.31 Å². The van der Waals surface area contributed by atoms with E-state index < -0.39 is 16.5 Å². The van der Waals surface area contributed by atoms with Crippen molar-refractivity contribution in [1.29, 1.82) is 0 Å². The summed E-state index contributed by atoms with van der Waals surface area (Å²) in [6.45, 7) is 5.70. The number of hydrogen-bond acceptors (Lipinski definition) is 5. The van der Waals surface area contributed by atoms with Crippen LogP contribution in [0.1, 0.15) is 0 Å². The molecule has 0 amide bonds. The van der Waals surface area contributed by atoms with E-state index in [2.05, 4.69) is 11.6 Å². The summed E-state index contributed by atoms with van der Waals surface area (Å²) in [5.74, 6) is 0.997. The van der Waals surface area contributed by atoms with Gasteiger partial charge in [0.25, 0.3) is 0 Å². The molecule has 0 spiro atoms. The van der Waals surface area contributed by atoms with Crippen molar-refractivity contribution < 1.29 is 8.60 Å². The van der Waals surface area contributed by atoms with Crippen LogP contribution in [0.2, 0.25) is 0 Å². The van der Waals surface area contributed by atoms with Crippen molar-refractivity contribution in [3.05, 3.63) is 91.2 Å². The number of allylic oxidation sites excluding steroid dienone is 6.